The highest BCUT2D eigenvalue weighted by molar-refractivity contribution is 7.09. The second kappa shape index (κ2) is 5.76. The van der Waals surface area contributed by atoms with Crippen molar-refractivity contribution in [1.82, 2.24) is 10.3 Å². The van der Waals surface area contributed by atoms with Crippen molar-refractivity contribution in [2.45, 2.75) is 77.3 Å². The van der Waals surface area contributed by atoms with E-state index in [1.54, 1.807) is 0 Å². The van der Waals surface area contributed by atoms with Gasteiger partial charge in [-0.25, -0.2) is 4.98 Å². The van der Waals surface area contributed by atoms with Crippen LogP contribution in [0.2, 0.25) is 0 Å². The number of aryl methyl sites for hydroxylation is 1. The number of aromatic nitrogens is 1. The topological polar surface area (TPSA) is 24.9 Å². The number of hydrogen-bond donors (Lipinski definition) is 1. The highest BCUT2D eigenvalue weighted by atomic mass is 32.1. The summed E-state index contributed by atoms with van der Waals surface area (Å²) in [5.74, 6) is 1.69. The van der Waals surface area contributed by atoms with Crippen LogP contribution in [0, 0.1) is 18.8 Å². The third-order valence-electron chi connectivity index (χ3n) is 4.74. The van der Waals surface area contributed by atoms with Crippen molar-refractivity contribution in [1.29, 1.82) is 0 Å². The van der Waals surface area contributed by atoms with Gasteiger partial charge in [0.1, 0.15) is 5.01 Å². The molecule has 2 fully saturated rings. The standard InChI is InChI=1S/C17H28N2S/c1-12(2)9-14-5-4-8-17(10-14,19-15-6-7-15)16-18-13(3)11-20-16/h11-12,14-15,19H,4-10H2,1-3H3. The van der Waals surface area contributed by atoms with Gasteiger partial charge < -0.3 is 5.32 Å². The molecular formula is C17H28N2S. The maximum atomic E-state index is 4.86. The first-order chi connectivity index (χ1) is 9.57. The molecule has 0 spiro atoms. The molecule has 1 aromatic heterocycles. The van der Waals surface area contributed by atoms with E-state index in [1.165, 1.54) is 55.6 Å². The van der Waals surface area contributed by atoms with Crippen LogP contribution in [0.1, 0.15) is 69.5 Å². The molecule has 112 valence electrons. The second-order valence-electron chi connectivity index (χ2n) is 7.39. The summed E-state index contributed by atoms with van der Waals surface area (Å²) in [6.45, 7) is 6.84. The van der Waals surface area contributed by atoms with E-state index in [4.69, 9.17) is 4.98 Å². The number of rotatable bonds is 5. The van der Waals surface area contributed by atoms with Gasteiger partial charge in [-0.15, -0.1) is 11.3 Å². The van der Waals surface area contributed by atoms with Gasteiger partial charge in [-0.2, -0.15) is 0 Å². The predicted octanol–water partition coefficient (Wildman–Crippen LogP) is 4.64. The third kappa shape index (κ3) is 3.25. The van der Waals surface area contributed by atoms with Gasteiger partial charge in [0.15, 0.2) is 0 Å². The molecule has 0 aliphatic heterocycles. The third-order valence-corrected chi connectivity index (χ3v) is 5.91. The van der Waals surface area contributed by atoms with Crippen LogP contribution in [0.15, 0.2) is 5.38 Å². The summed E-state index contributed by atoms with van der Waals surface area (Å²) in [6, 6.07) is 0.761. The largest absolute Gasteiger partial charge is 0.303 e. The van der Waals surface area contributed by atoms with Crippen LogP contribution in [0.3, 0.4) is 0 Å². The fraction of sp³-hybridized carbons (Fsp3) is 0.824. The minimum absolute atomic E-state index is 0.192. The molecule has 2 nitrogen and oxygen atoms in total. The van der Waals surface area contributed by atoms with Crippen LogP contribution >= 0.6 is 11.3 Å². The zero-order valence-corrected chi connectivity index (χ0v) is 13.9. The molecule has 1 heterocycles. The van der Waals surface area contributed by atoms with E-state index < -0.39 is 0 Å². The second-order valence-corrected chi connectivity index (χ2v) is 8.24. The molecular weight excluding hydrogens is 264 g/mol. The Morgan fingerprint density at radius 2 is 2.20 bits per heavy atom. The normalized spacial score (nSPS) is 30.9. The van der Waals surface area contributed by atoms with E-state index in [0.717, 1.165) is 17.9 Å². The minimum atomic E-state index is 0.192. The van der Waals surface area contributed by atoms with Crippen molar-refractivity contribution in [3.63, 3.8) is 0 Å². The molecule has 2 unspecified atom stereocenters. The molecule has 3 rings (SSSR count). The molecule has 2 aliphatic carbocycles. The van der Waals surface area contributed by atoms with Crippen LogP contribution in [0.4, 0.5) is 0 Å². The van der Waals surface area contributed by atoms with Crippen molar-refractivity contribution in [3.8, 4) is 0 Å². The first-order valence-electron chi connectivity index (χ1n) is 8.28. The van der Waals surface area contributed by atoms with Crippen LogP contribution < -0.4 is 5.32 Å². The van der Waals surface area contributed by atoms with Crippen molar-refractivity contribution in [3.05, 3.63) is 16.1 Å². The van der Waals surface area contributed by atoms with Gasteiger partial charge in [0, 0.05) is 17.1 Å². The van der Waals surface area contributed by atoms with Crippen molar-refractivity contribution in [2.24, 2.45) is 11.8 Å². The summed E-state index contributed by atoms with van der Waals surface area (Å²) in [5.41, 5.74) is 1.38. The monoisotopic (exact) mass is 292 g/mol. The lowest BCUT2D eigenvalue weighted by Gasteiger charge is -2.41. The molecule has 0 amide bonds. The summed E-state index contributed by atoms with van der Waals surface area (Å²) >= 11 is 1.87. The van der Waals surface area contributed by atoms with Crippen LogP contribution in [0.25, 0.3) is 0 Å². The average molecular weight is 292 g/mol. The van der Waals surface area contributed by atoms with E-state index in [0.29, 0.717) is 0 Å². The number of nitrogens with zero attached hydrogens (tertiary/aromatic N) is 1. The fourth-order valence-electron chi connectivity index (χ4n) is 3.84. The Hall–Kier alpha value is -0.410. The first kappa shape index (κ1) is 14.5. The molecule has 20 heavy (non-hydrogen) atoms. The first-order valence-corrected chi connectivity index (χ1v) is 9.16. The summed E-state index contributed by atoms with van der Waals surface area (Å²) in [7, 11) is 0. The zero-order valence-electron chi connectivity index (χ0n) is 13.1. The van der Waals surface area contributed by atoms with Gasteiger partial charge in [-0.05, 0) is 50.9 Å². The van der Waals surface area contributed by atoms with Gasteiger partial charge in [-0.1, -0.05) is 26.7 Å². The van der Waals surface area contributed by atoms with E-state index in [2.05, 4.69) is 31.5 Å². The van der Waals surface area contributed by atoms with E-state index in [-0.39, 0.29) is 5.54 Å². The quantitative estimate of drug-likeness (QED) is 0.855. The molecule has 2 saturated carbocycles. The zero-order chi connectivity index (χ0) is 14.2. The van der Waals surface area contributed by atoms with E-state index >= 15 is 0 Å². The van der Waals surface area contributed by atoms with Crippen LogP contribution in [-0.4, -0.2) is 11.0 Å². The molecule has 2 aliphatic rings. The van der Waals surface area contributed by atoms with E-state index in [9.17, 15) is 0 Å². The summed E-state index contributed by atoms with van der Waals surface area (Å²) in [6.07, 6.45) is 9.45. The Morgan fingerprint density at radius 1 is 1.40 bits per heavy atom. The van der Waals surface area contributed by atoms with Gasteiger partial charge >= 0.3 is 0 Å². The highest BCUT2D eigenvalue weighted by Crippen LogP contribution is 2.44. The SMILES string of the molecule is Cc1csc(C2(NC3CC3)CCCC(CC(C)C)C2)n1. The maximum absolute atomic E-state index is 4.86. The summed E-state index contributed by atoms with van der Waals surface area (Å²) in [4.78, 5) is 4.86. The average Bonchev–Trinajstić information content (AvgIpc) is 3.07. The Morgan fingerprint density at radius 3 is 2.80 bits per heavy atom. The molecule has 0 saturated heterocycles. The Labute approximate surface area is 127 Å². The van der Waals surface area contributed by atoms with Gasteiger partial charge in [0.05, 0.1) is 5.54 Å². The fourth-order valence-corrected chi connectivity index (χ4v) is 4.84. The molecule has 2 atom stereocenters. The van der Waals surface area contributed by atoms with Gasteiger partial charge in [0.2, 0.25) is 0 Å². The molecule has 1 N–H and O–H groups in total. The number of thiazole rings is 1. The smallest absolute Gasteiger partial charge is 0.113 e. The Bertz CT molecular complexity index is 450. The number of hydrogen-bond acceptors (Lipinski definition) is 3. The molecule has 0 bridgehead atoms. The lowest BCUT2D eigenvalue weighted by atomic mass is 9.73. The van der Waals surface area contributed by atoms with Gasteiger partial charge in [-0.3, -0.25) is 0 Å². The summed E-state index contributed by atoms with van der Waals surface area (Å²) < 4.78 is 0. The van der Waals surface area contributed by atoms with E-state index in [1.807, 2.05) is 11.3 Å². The maximum Gasteiger partial charge on any atom is 0.113 e. The molecule has 1 aromatic rings. The molecule has 3 heteroatoms. The molecule has 0 radical (unpaired) electrons. The van der Waals surface area contributed by atoms with Crippen molar-refractivity contribution >= 4 is 11.3 Å². The lowest BCUT2D eigenvalue weighted by Crippen LogP contribution is -2.47. The Balaban J connectivity index is 1.81. The molecule has 0 aromatic carbocycles. The predicted molar refractivity (Wildman–Crippen MR) is 86.1 cm³/mol. The van der Waals surface area contributed by atoms with Crippen molar-refractivity contribution in [2.75, 3.05) is 0 Å². The highest BCUT2D eigenvalue weighted by Gasteiger charge is 2.43. The Kier molecular flexibility index (Phi) is 4.19. The minimum Gasteiger partial charge on any atom is -0.303 e. The summed E-state index contributed by atoms with van der Waals surface area (Å²) in [5, 5.41) is 7.56. The lowest BCUT2D eigenvalue weighted by molar-refractivity contribution is 0.159. The van der Waals surface area contributed by atoms with Crippen molar-refractivity contribution < 1.29 is 0 Å². The van der Waals surface area contributed by atoms with Crippen LogP contribution in [-0.2, 0) is 5.54 Å². The van der Waals surface area contributed by atoms with Crippen LogP contribution in [0.5, 0.6) is 0 Å². The number of nitrogens with one attached hydrogen (secondary N) is 1. The van der Waals surface area contributed by atoms with Gasteiger partial charge in [0.25, 0.3) is 0 Å².